The molecule has 1 aromatic heterocycles. The Bertz CT molecular complexity index is 612. The molecule has 110 valence electrons. The number of rotatable bonds is 4. The summed E-state index contributed by atoms with van der Waals surface area (Å²) in [5.41, 5.74) is 0.479. The number of thioether (sulfide) groups is 1. The van der Waals surface area contributed by atoms with E-state index in [1.54, 1.807) is 7.05 Å². The van der Waals surface area contributed by atoms with Gasteiger partial charge in [-0.15, -0.1) is 0 Å². The smallest absolute Gasteiger partial charge is 0.339 e. The van der Waals surface area contributed by atoms with Crippen LogP contribution in [0.5, 0.6) is 0 Å². The van der Waals surface area contributed by atoms with E-state index in [-0.39, 0.29) is 12.0 Å². The van der Waals surface area contributed by atoms with E-state index in [4.69, 9.17) is 10.6 Å². The number of aryl methyl sites for hydroxylation is 1. The number of carbonyl (C=O) groups is 1. The van der Waals surface area contributed by atoms with Crippen molar-refractivity contribution in [3.8, 4) is 0 Å². The molecule has 1 fully saturated rings. The molecule has 4 N–H and O–H groups in total. The maximum absolute atomic E-state index is 11.3. The van der Waals surface area contributed by atoms with E-state index in [1.807, 2.05) is 0 Å². The van der Waals surface area contributed by atoms with Crippen LogP contribution < -0.4 is 22.4 Å². The first kappa shape index (κ1) is 14.8. The van der Waals surface area contributed by atoms with Crippen molar-refractivity contribution < 1.29 is 9.53 Å². The second-order valence-electron chi connectivity index (χ2n) is 4.34. The van der Waals surface area contributed by atoms with Crippen LogP contribution >= 0.6 is 11.8 Å². The Labute approximate surface area is 117 Å². The summed E-state index contributed by atoms with van der Waals surface area (Å²) in [6.07, 6.45) is 0.679. The number of H-pyrrole nitrogens is 1. The lowest BCUT2D eigenvalue weighted by Gasteiger charge is -2.12. The van der Waals surface area contributed by atoms with Crippen molar-refractivity contribution in [2.45, 2.75) is 30.2 Å². The summed E-state index contributed by atoms with van der Waals surface area (Å²) < 4.78 is 6.91. The number of hydrazine groups is 1. The zero-order chi connectivity index (χ0) is 14.7. The molecule has 1 aliphatic rings. The number of carbonyl (C=O) groups excluding carboxylic acids is 1. The van der Waals surface area contributed by atoms with Crippen molar-refractivity contribution in [3.05, 3.63) is 20.7 Å². The fraction of sp³-hybridized carbons (Fsp3) is 0.600. The van der Waals surface area contributed by atoms with Gasteiger partial charge >= 0.3 is 11.1 Å². The number of ether oxygens (including phenoxy) is 1. The van der Waals surface area contributed by atoms with Crippen molar-refractivity contribution in [2.75, 3.05) is 5.75 Å². The van der Waals surface area contributed by atoms with Gasteiger partial charge in [0.15, 0.2) is 5.16 Å². The van der Waals surface area contributed by atoms with Gasteiger partial charge in [-0.05, 0) is 12.8 Å². The number of amides is 1. The van der Waals surface area contributed by atoms with E-state index in [0.29, 0.717) is 17.3 Å². The molecule has 2 rings (SSSR count). The third-order valence-corrected chi connectivity index (χ3v) is 4.05. The molecule has 20 heavy (non-hydrogen) atoms. The van der Waals surface area contributed by atoms with E-state index < -0.39 is 17.2 Å². The summed E-state index contributed by atoms with van der Waals surface area (Å²) in [4.78, 5) is 37.2. The van der Waals surface area contributed by atoms with E-state index in [0.717, 1.165) is 6.42 Å². The second kappa shape index (κ2) is 6.20. The first-order chi connectivity index (χ1) is 9.51. The number of aromatic nitrogens is 3. The first-order valence-electron chi connectivity index (χ1n) is 5.97. The number of hydrogen-bond acceptors (Lipinski definition) is 7. The molecule has 2 unspecified atom stereocenters. The molecular formula is C10H15N5O4S. The Kier molecular flexibility index (Phi) is 4.57. The van der Waals surface area contributed by atoms with Gasteiger partial charge in [-0.3, -0.25) is 29.6 Å². The highest BCUT2D eigenvalue weighted by Crippen LogP contribution is 2.25. The van der Waals surface area contributed by atoms with Crippen LogP contribution in [0.15, 0.2) is 14.7 Å². The third kappa shape index (κ3) is 3.26. The van der Waals surface area contributed by atoms with Crippen LogP contribution in [0.1, 0.15) is 12.8 Å². The molecule has 1 aromatic rings. The molecule has 0 saturated carbocycles. The molecule has 0 spiro atoms. The first-order valence-corrected chi connectivity index (χ1v) is 6.96. The van der Waals surface area contributed by atoms with Gasteiger partial charge in [-0.1, -0.05) is 11.8 Å². The zero-order valence-electron chi connectivity index (χ0n) is 10.8. The SMILES string of the molecule is Cn1[nH]c(=O)c(=O)nc1SCC1CCC(C(=O)NN)O1. The van der Waals surface area contributed by atoms with Crippen molar-refractivity contribution in [2.24, 2.45) is 12.9 Å². The number of hydrogen-bond donors (Lipinski definition) is 3. The summed E-state index contributed by atoms with van der Waals surface area (Å²) in [7, 11) is 1.59. The topological polar surface area (TPSA) is 132 Å². The molecule has 2 heterocycles. The minimum absolute atomic E-state index is 0.119. The number of aromatic amines is 1. The Morgan fingerprint density at radius 2 is 2.35 bits per heavy atom. The fourth-order valence-electron chi connectivity index (χ4n) is 1.87. The highest BCUT2D eigenvalue weighted by Gasteiger charge is 2.30. The van der Waals surface area contributed by atoms with Gasteiger partial charge in [0.25, 0.3) is 5.91 Å². The molecule has 0 aliphatic carbocycles. The van der Waals surface area contributed by atoms with Gasteiger partial charge in [0.05, 0.1) is 6.10 Å². The van der Waals surface area contributed by atoms with Gasteiger partial charge in [-0.2, -0.15) is 4.98 Å². The normalized spacial score (nSPS) is 21.9. The van der Waals surface area contributed by atoms with Crippen molar-refractivity contribution in [3.63, 3.8) is 0 Å². The Hall–Kier alpha value is -1.65. The van der Waals surface area contributed by atoms with E-state index in [9.17, 15) is 14.4 Å². The molecule has 1 saturated heterocycles. The van der Waals surface area contributed by atoms with Crippen LogP contribution in [-0.2, 0) is 16.6 Å². The van der Waals surface area contributed by atoms with Gasteiger partial charge in [0.1, 0.15) is 6.10 Å². The van der Waals surface area contributed by atoms with Gasteiger partial charge in [-0.25, -0.2) is 5.84 Å². The average molecular weight is 301 g/mol. The largest absolute Gasteiger partial charge is 0.364 e. The molecular weight excluding hydrogens is 286 g/mol. The van der Waals surface area contributed by atoms with Crippen LogP contribution in [-0.4, -0.2) is 38.6 Å². The molecule has 0 radical (unpaired) electrons. The summed E-state index contributed by atoms with van der Waals surface area (Å²) in [6, 6.07) is 0. The van der Waals surface area contributed by atoms with Gasteiger partial charge in [0.2, 0.25) is 0 Å². The fourth-order valence-corrected chi connectivity index (χ4v) is 2.84. The minimum atomic E-state index is -0.821. The summed E-state index contributed by atoms with van der Waals surface area (Å²) in [6.45, 7) is 0. The standard InChI is InChI=1S/C10H15N5O4S/c1-15-10(12-8(17)9(18)14-15)20-4-5-2-3-6(19-5)7(16)13-11/h5-6H,2-4,11H2,1H3,(H,13,16)(H,14,18). The summed E-state index contributed by atoms with van der Waals surface area (Å²) in [5.74, 6) is 5.23. The third-order valence-electron chi connectivity index (χ3n) is 2.89. The molecule has 0 bridgehead atoms. The van der Waals surface area contributed by atoms with Crippen LogP contribution in [0.25, 0.3) is 0 Å². The van der Waals surface area contributed by atoms with Crippen LogP contribution in [0.3, 0.4) is 0 Å². The molecule has 10 heteroatoms. The van der Waals surface area contributed by atoms with E-state index in [2.05, 4.69) is 15.5 Å². The van der Waals surface area contributed by atoms with E-state index in [1.165, 1.54) is 16.4 Å². The Balaban J connectivity index is 1.94. The highest BCUT2D eigenvalue weighted by molar-refractivity contribution is 7.99. The van der Waals surface area contributed by atoms with Gasteiger partial charge < -0.3 is 4.74 Å². The monoisotopic (exact) mass is 301 g/mol. The lowest BCUT2D eigenvalue weighted by molar-refractivity contribution is -0.131. The quantitative estimate of drug-likeness (QED) is 0.194. The highest BCUT2D eigenvalue weighted by atomic mass is 32.2. The lowest BCUT2D eigenvalue weighted by Crippen LogP contribution is -2.39. The molecule has 9 nitrogen and oxygen atoms in total. The lowest BCUT2D eigenvalue weighted by atomic mass is 10.2. The second-order valence-corrected chi connectivity index (χ2v) is 5.33. The Morgan fingerprint density at radius 3 is 3.05 bits per heavy atom. The number of nitrogens with zero attached hydrogens (tertiary/aromatic N) is 2. The molecule has 2 atom stereocenters. The minimum Gasteiger partial charge on any atom is -0.364 e. The predicted octanol–water partition coefficient (Wildman–Crippen LogP) is -1.90. The van der Waals surface area contributed by atoms with Crippen LogP contribution in [0.4, 0.5) is 0 Å². The van der Waals surface area contributed by atoms with Gasteiger partial charge in [0, 0.05) is 12.8 Å². The maximum Gasteiger partial charge on any atom is 0.339 e. The summed E-state index contributed by atoms with van der Waals surface area (Å²) >= 11 is 1.28. The van der Waals surface area contributed by atoms with Crippen molar-refractivity contribution in [1.29, 1.82) is 0 Å². The molecule has 1 amide bonds. The molecule has 1 aliphatic heterocycles. The van der Waals surface area contributed by atoms with Crippen molar-refractivity contribution >= 4 is 17.7 Å². The van der Waals surface area contributed by atoms with Crippen LogP contribution in [0.2, 0.25) is 0 Å². The predicted molar refractivity (Wildman–Crippen MR) is 71.0 cm³/mol. The van der Waals surface area contributed by atoms with Crippen LogP contribution in [0, 0.1) is 0 Å². The number of nitrogens with two attached hydrogens (primary N) is 1. The zero-order valence-corrected chi connectivity index (χ0v) is 11.6. The molecule has 0 aromatic carbocycles. The number of nitrogens with one attached hydrogen (secondary N) is 2. The maximum atomic E-state index is 11.3. The average Bonchev–Trinajstić information content (AvgIpc) is 2.89. The Morgan fingerprint density at radius 1 is 1.60 bits per heavy atom. The van der Waals surface area contributed by atoms with E-state index >= 15 is 0 Å². The summed E-state index contributed by atoms with van der Waals surface area (Å²) in [5, 5.41) is 2.76. The van der Waals surface area contributed by atoms with Crippen molar-refractivity contribution in [1.82, 2.24) is 20.2 Å².